The summed E-state index contributed by atoms with van der Waals surface area (Å²) in [4.78, 5) is 15.6. The first-order valence-electron chi connectivity index (χ1n) is 7.34. The monoisotopic (exact) mass is 341 g/mol. The highest BCUT2D eigenvalue weighted by atomic mass is 35.5. The Balaban J connectivity index is 1.93. The van der Waals surface area contributed by atoms with Gasteiger partial charge in [0.05, 0.1) is 14.2 Å². The lowest BCUT2D eigenvalue weighted by atomic mass is 10.1. The fraction of sp³-hybridized carbons (Fsp3) is 0.105. The van der Waals surface area contributed by atoms with Gasteiger partial charge in [0.1, 0.15) is 0 Å². The minimum atomic E-state index is -0.103. The van der Waals surface area contributed by atoms with Gasteiger partial charge >= 0.3 is 0 Å². The third kappa shape index (κ3) is 3.01. The average Bonchev–Trinajstić information content (AvgIpc) is 3.02. The minimum Gasteiger partial charge on any atom is -0.493 e. The average molecular weight is 342 g/mol. The standard InChI is InChI=1S/C19H16ClNO3/c1-23-18-5-3-4-12(19(18)24-2)6-9-17(22)15-11-21-16-10-13(20)7-8-14(15)16/h3-11,21H,1-2H3/b9-6+. The molecule has 0 saturated heterocycles. The number of hydrogen-bond donors (Lipinski definition) is 1. The summed E-state index contributed by atoms with van der Waals surface area (Å²) in [5.74, 6) is 1.11. The van der Waals surface area contributed by atoms with E-state index in [1.165, 1.54) is 6.08 Å². The maximum Gasteiger partial charge on any atom is 0.188 e. The van der Waals surface area contributed by atoms with Gasteiger partial charge in [0.2, 0.25) is 0 Å². The van der Waals surface area contributed by atoms with Gasteiger partial charge in [0.25, 0.3) is 0 Å². The number of halogens is 1. The number of ether oxygens (including phenoxy) is 2. The zero-order valence-electron chi connectivity index (χ0n) is 13.3. The fourth-order valence-electron chi connectivity index (χ4n) is 2.60. The molecule has 0 atom stereocenters. The number of ketones is 1. The molecule has 1 N–H and O–H groups in total. The van der Waals surface area contributed by atoms with E-state index in [1.54, 1.807) is 44.7 Å². The van der Waals surface area contributed by atoms with Gasteiger partial charge < -0.3 is 14.5 Å². The molecule has 0 amide bonds. The summed E-state index contributed by atoms with van der Waals surface area (Å²) < 4.78 is 10.6. The van der Waals surface area contributed by atoms with E-state index >= 15 is 0 Å². The maximum absolute atomic E-state index is 12.5. The summed E-state index contributed by atoms with van der Waals surface area (Å²) in [5.41, 5.74) is 2.20. The van der Waals surface area contributed by atoms with Crippen LogP contribution in [0, 0.1) is 0 Å². The van der Waals surface area contributed by atoms with Gasteiger partial charge in [-0.1, -0.05) is 29.8 Å². The second kappa shape index (κ2) is 6.81. The second-order valence-electron chi connectivity index (χ2n) is 5.17. The first-order valence-corrected chi connectivity index (χ1v) is 7.72. The van der Waals surface area contributed by atoms with Crippen molar-refractivity contribution in [2.45, 2.75) is 0 Å². The number of nitrogens with one attached hydrogen (secondary N) is 1. The van der Waals surface area contributed by atoms with E-state index in [1.807, 2.05) is 18.2 Å². The van der Waals surface area contributed by atoms with Crippen LogP contribution in [0.3, 0.4) is 0 Å². The Morgan fingerprint density at radius 3 is 2.75 bits per heavy atom. The van der Waals surface area contributed by atoms with Crippen LogP contribution in [0.15, 0.2) is 48.7 Å². The molecule has 1 aromatic heterocycles. The Morgan fingerprint density at radius 2 is 2.00 bits per heavy atom. The Labute approximate surface area is 144 Å². The summed E-state index contributed by atoms with van der Waals surface area (Å²) in [6.45, 7) is 0. The zero-order valence-corrected chi connectivity index (χ0v) is 14.1. The lowest BCUT2D eigenvalue weighted by Crippen LogP contribution is -1.94. The molecule has 0 aliphatic carbocycles. The molecule has 0 radical (unpaired) electrons. The smallest absolute Gasteiger partial charge is 0.188 e. The van der Waals surface area contributed by atoms with Crippen LogP contribution >= 0.6 is 11.6 Å². The maximum atomic E-state index is 12.5. The van der Waals surface area contributed by atoms with E-state index < -0.39 is 0 Å². The third-order valence-electron chi connectivity index (χ3n) is 3.76. The normalized spacial score (nSPS) is 11.1. The van der Waals surface area contributed by atoms with Crippen molar-refractivity contribution in [3.63, 3.8) is 0 Å². The van der Waals surface area contributed by atoms with Crippen LogP contribution in [-0.4, -0.2) is 25.0 Å². The van der Waals surface area contributed by atoms with Crippen LogP contribution in [-0.2, 0) is 0 Å². The van der Waals surface area contributed by atoms with E-state index in [0.29, 0.717) is 22.1 Å². The molecule has 0 bridgehead atoms. The minimum absolute atomic E-state index is 0.103. The molecule has 122 valence electrons. The molecule has 0 fully saturated rings. The number of aromatic nitrogens is 1. The molecule has 3 rings (SSSR count). The number of H-pyrrole nitrogens is 1. The Morgan fingerprint density at radius 1 is 1.17 bits per heavy atom. The topological polar surface area (TPSA) is 51.3 Å². The molecule has 0 saturated carbocycles. The molecule has 2 aromatic carbocycles. The van der Waals surface area contributed by atoms with E-state index in [2.05, 4.69) is 4.98 Å². The number of carbonyl (C=O) groups is 1. The highest BCUT2D eigenvalue weighted by molar-refractivity contribution is 6.31. The number of aromatic amines is 1. The highest BCUT2D eigenvalue weighted by Crippen LogP contribution is 2.31. The summed E-state index contributed by atoms with van der Waals surface area (Å²) in [5, 5.41) is 1.46. The first-order chi connectivity index (χ1) is 11.6. The van der Waals surface area contributed by atoms with E-state index in [0.717, 1.165) is 16.5 Å². The molecule has 0 spiro atoms. The first kappa shape index (κ1) is 16.1. The number of hydrogen-bond acceptors (Lipinski definition) is 3. The summed E-state index contributed by atoms with van der Waals surface area (Å²) in [6.07, 6.45) is 4.93. The second-order valence-corrected chi connectivity index (χ2v) is 5.61. The van der Waals surface area contributed by atoms with Gasteiger partial charge in [-0.05, 0) is 30.4 Å². The third-order valence-corrected chi connectivity index (χ3v) is 3.99. The van der Waals surface area contributed by atoms with Gasteiger partial charge in [-0.15, -0.1) is 0 Å². The number of rotatable bonds is 5. The summed E-state index contributed by atoms with van der Waals surface area (Å²) >= 11 is 5.97. The molecule has 4 nitrogen and oxygen atoms in total. The number of carbonyl (C=O) groups excluding carboxylic acids is 1. The molecule has 1 heterocycles. The van der Waals surface area contributed by atoms with Gasteiger partial charge in [-0.25, -0.2) is 0 Å². The van der Waals surface area contributed by atoms with Crippen molar-refractivity contribution in [3.8, 4) is 11.5 Å². The molecule has 0 aliphatic rings. The lowest BCUT2D eigenvalue weighted by Gasteiger charge is -2.09. The SMILES string of the molecule is COc1cccc(/C=C/C(=O)c2c[nH]c3cc(Cl)ccc23)c1OC. The highest BCUT2D eigenvalue weighted by Gasteiger charge is 2.11. The van der Waals surface area contributed by atoms with Gasteiger partial charge in [-0.3, -0.25) is 4.79 Å². The van der Waals surface area contributed by atoms with Crippen molar-refractivity contribution in [1.29, 1.82) is 0 Å². The van der Waals surface area contributed by atoms with Crippen LogP contribution in [0.25, 0.3) is 17.0 Å². The fourth-order valence-corrected chi connectivity index (χ4v) is 2.77. The van der Waals surface area contributed by atoms with E-state index in [9.17, 15) is 4.79 Å². The number of allylic oxidation sites excluding steroid dienone is 1. The molecular formula is C19H16ClNO3. The predicted molar refractivity (Wildman–Crippen MR) is 96.2 cm³/mol. The van der Waals surface area contributed by atoms with Crippen molar-refractivity contribution >= 4 is 34.4 Å². The molecule has 5 heteroatoms. The number of benzene rings is 2. The molecule has 24 heavy (non-hydrogen) atoms. The number of para-hydroxylation sites is 1. The van der Waals surface area contributed by atoms with Crippen molar-refractivity contribution < 1.29 is 14.3 Å². The van der Waals surface area contributed by atoms with Crippen LogP contribution in [0.2, 0.25) is 5.02 Å². The van der Waals surface area contributed by atoms with Crippen LogP contribution in [0.4, 0.5) is 0 Å². The predicted octanol–water partition coefficient (Wildman–Crippen LogP) is 4.73. The molecule has 0 aliphatic heterocycles. The van der Waals surface area contributed by atoms with Crippen molar-refractivity contribution in [2.75, 3.05) is 14.2 Å². The Hall–Kier alpha value is -2.72. The Kier molecular flexibility index (Phi) is 4.58. The Bertz CT molecular complexity index is 928. The molecule has 3 aromatic rings. The van der Waals surface area contributed by atoms with Crippen molar-refractivity contribution in [1.82, 2.24) is 4.98 Å². The quantitative estimate of drug-likeness (QED) is 0.539. The van der Waals surface area contributed by atoms with Crippen molar-refractivity contribution in [2.24, 2.45) is 0 Å². The summed E-state index contributed by atoms with van der Waals surface area (Å²) in [7, 11) is 3.15. The number of methoxy groups -OCH3 is 2. The largest absolute Gasteiger partial charge is 0.493 e. The molecule has 0 unspecified atom stereocenters. The van der Waals surface area contributed by atoms with Crippen molar-refractivity contribution in [3.05, 3.63) is 64.8 Å². The van der Waals surface area contributed by atoms with Gasteiger partial charge in [0.15, 0.2) is 17.3 Å². The molecular weight excluding hydrogens is 326 g/mol. The zero-order chi connectivity index (χ0) is 17.1. The van der Waals surface area contributed by atoms with Gasteiger partial charge in [0, 0.05) is 33.2 Å². The van der Waals surface area contributed by atoms with Gasteiger partial charge in [-0.2, -0.15) is 0 Å². The van der Waals surface area contributed by atoms with Crippen LogP contribution in [0.5, 0.6) is 11.5 Å². The van der Waals surface area contributed by atoms with E-state index in [-0.39, 0.29) is 5.78 Å². The van der Waals surface area contributed by atoms with E-state index in [4.69, 9.17) is 21.1 Å². The summed E-state index contributed by atoms with van der Waals surface area (Å²) in [6, 6.07) is 10.9. The van der Waals surface area contributed by atoms with Crippen LogP contribution < -0.4 is 9.47 Å². The number of fused-ring (bicyclic) bond motifs is 1. The lowest BCUT2D eigenvalue weighted by molar-refractivity contribution is 0.104. The van der Waals surface area contributed by atoms with Crippen LogP contribution in [0.1, 0.15) is 15.9 Å².